The molecule has 0 bridgehead atoms. The van der Waals surface area contributed by atoms with E-state index in [0.717, 1.165) is 41.4 Å². The fourth-order valence-electron chi connectivity index (χ4n) is 3.08. The average Bonchev–Trinajstić information content (AvgIpc) is 2.52. The second-order valence-electron chi connectivity index (χ2n) is 6.69. The average molecular weight is 326 g/mol. The highest BCUT2D eigenvalue weighted by atomic mass is 16.5. The first-order chi connectivity index (χ1) is 11.3. The first kappa shape index (κ1) is 18.3. The van der Waals surface area contributed by atoms with Gasteiger partial charge < -0.3 is 10.1 Å². The second kappa shape index (κ2) is 7.69. The molecule has 3 heteroatoms. The fourth-order valence-corrected chi connectivity index (χ4v) is 3.08. The van der Waals surface area contributed by atoms with E-state index in [4.69, 9.17) is 9.72 Å². The van der Waals surface area contributed by atoms with E-state index in [1.807, 2.05) is 13.0 Å². The predicted molar refractivity (Wildman–Crippen MR) is 103 cm³/mol. The summed E-state index contributed by atoms with van der Waals surface area (Å²) < 4.78 is 6.20. The van der Waals surface area contributed by atoms with Crippen LogP contribution in [0.3, 0.4) is 0 Å². The molecule has 1 aromatic heterocycles. The molecule has 1 N–H and O–H groups in total. The number of pyridine rings is 1. The Bertz CT molecular complexity index is 695. The normalized spacial score (nSPS) is 11.0. The summed E-state index contributed by atoms with van der Waals surface area (Å²) in [6.07, 6.45) is 2.27. The number of aromatic nitrogens is 1. The van der Waals surface area contributed by atoms with Crippen LogP contribution in [0.25, 0.3) is 0 Å². The number of nitrogens with one attached hydrogen (secondary N) is 1. The molecule has 0 amide bonds. The molecule has 0 radical (unpaired) electrons. The Morgan fingerprint density at radius 2 is 1.54 bits per heavy atom. The Balaban J connectivity index is 2.39. The molecule has 0 saturated heterocycles. The van der Waals surface area contributed by atoms with Crippen LogP contribution in [0.1, 0.15) is 54.6 Å². The lowest BCUT2D eigenvalue weighted by Gasteiger charge is -2.21. The lowest BCUT2D eigenvalue weighted by atomic mass is 10.0. The number of anilines is 2. The van der Waals surface area contributed by atoms with Crippen LogP contribution >= 0.6 is 0 Å². The Kier molecular flexibility index (Phi) is 5.87. The molecule has 0 unspecified atom stereocenters. The van der Waals surface area contributed by atoms with E-state index in [1.54, 1.807) is 0 Å². The molecule has 130 valence electrons. The molecule has 0 atom stereocenters. The van der Waals surface area contributed by atoms with E-state index >= 15 is 0 Å². The number of aryl methyl sites for hydroxylation is 4. The third-order valence-electron chi connectivity index (χ3n) is 4.48. The summed E-state index contributed by atoms with van der Waals surface area (Å²) in [6.45, 7) is 14.8. The van der Waals surface area contributed by atoms with E-state index in [2.05, 4.69) is 59.0 Å². The summed E-state index contributed by atoms with van der Waals surface area (Å²) in [5.74, 6) is 1.81. The summed E-state index contributed by atoms with van der Waals surface area (Å²) in [5.41, 5.74) is 6.91. The van der Waals surface area contributed by atoms with Gasteiger partial charge in [-0.3, -0.25) is 0 Å². The van der Waals surface area contributed by atoms with Gasteiger partial charge in [0, 0.05) is 23.0 Å². The molecule has 2 aromatic rings. The maximum absolute atomic E-state index is 6.20. The first-order valence-corrected chi connectivity index (χ1v) is 8.85. The smallest absolute Gasteiger partial charge is 0.137 e. The van der Waals surface area contributed by atoms with Crippen LogP contribution in [0.2, 0.25) is 0 Å². The molecule has 0 fully saturated rings. The van der Waals surface area contributed by atoms with Gasteiger partial charge in [0.2, 0.25) is 0 Å². The molecule has 1 heterocycles. The van der Waals surface area contributed by atoms with Crippen molar-refractivity contribution in [3.8, 4) is 5.75 Å². The second-order valence-corrected chi connectivity index (χ2v) is 6.69. The Hall–Kier alpha value is -2.03. The van der Waals surface area contributed by atoms with Gasteiger partial charge in [0.15, 0.2) is 0 Å². The van der Waals surface area contributed by atoms with Crippen molar-refractivity contribution >= 4 is 11.5 Å². The van der Waals surface area contributed by atoms with Crippen molar-refractivity contribution in [2.75, 3.05) is 5.32 Å². The van der Waals surface area contributed by atoms with Crippen LogP contribution < -0.4 is 10.1 Å². The van der Waals surface area contributed by atoms with Gasteiger partial charge in [0.25, 0.3) is 0 Å². The number of ether oxygens (including phenoxy) is 1. The van der Waals surface area contributed by atoms with E-state index in [-0.39, 0.29) is 6.10 Å². The van der Waals surface area contributed by atoms with Crippen LogP contribution in [-0.2, 0) is 0 Å². The zero-order valence-electron chi connectivity index (χ0n) is 16.1. The largest absolute Gasteiger partial charge is 0.490 e. The van der Waals surface area contributed by atoms with E-state index in [1.165, 1.54) is 16.7 Å². The molecule has 3 nitrogen and oxygen atoms in total. The molecule has 0 aliphatic carbocycles. The third kappa shape index (κ3) is 4.08. The summed E-state index contributed by atoms with van der Waals surface area (Å²) in [5, 5.41) is 3.54. The number of hydrogen-bond acceptors (Lipinski definition) is 3. The van der Waals surface area contributed by atoms with Gasteiger partial charge in [-0.2, -0.15) is 0 Å². The minimum absolute atomic E-state index is 0.251. The van der Waals surface area contributed by atoms with Gasteiger partial charge in [0.05, 0.1) is 6.10 Å². The van der Waals surface area contributed by atoms with Gasteiger partial charge >= 0.3 is 0 Å². The van der Waals surface area contributed by atoms with Crippen molar-refractivity contribution in [2.24, 2.45) is 0 Å². The zero-order valence-corrected chi connectivity index (χ0v) is 16.1. The number of hydrogen-bond donors (Lipinski definition) is 1. The summed E-state index contributed by atoms with van der Waals surface area (Å²) >= 11 is 0. The lowest BCUT2D eigenvalue weighted by Crippen LogP contribution is -2.15. The first-order valence-electron chi connectivity index (χ1n) is 8.85. The zero-order chi connectivity index (χ0) is 17.9. The van der Waals surface area contributed by atoms with Crippen LogP contribution in [0.15, 0.2) is 18.2 Å². The Morgan fingerprint density at radius 3 is 2.08 bits per heavy atom. The highest BCUT2D eigenvalue weighted by Crippen LogP contribution is 2.31. The summed E-state index contributed by atoms with van der Waals surface area (Å²) in [6, 6.07) is 6.43. The van der Waals surface area contributed by atoms with E-state index < -0.39 is 0 Å². The van der Waals surface area contributed by atoms with Crippen molar-refractivity contribution < 1.29 is 4.74 Å². The van der Waals surface area contributed by atoms with E-state index in [0.29, 0.717) is 0 Å². The van der Waals surface area contributed by atoms with Gasteiger partial charge in [0.1, 0.15) is 11.6 Å². The molecular formula is C21H30N2O. The van der Waals surface area contributed by atoms with Crippen LogP contribution in [-0.4, -0.2) is 11.1 Å². The van der Waals surface area contributed by atoms with Crippen molar-refractivity contribution in [3.63, 3.8) is 0 Å². The van der Waals surface area contributed by atoms with Gasteiger partial charge in [-0.15, -0.1) is 0 Å². The van der Waals surface area contributed by atoms with Crippen molar-refractivity contribution in [1.82, 2.24) is 4.98 Å². The van der Waals surface area contributed by atoms with Crippen molar-refractivity contribution in [2.45, 2.75) is 67.4 Å². The predicted octanol–water partition coefficient (Wildman–Crippen LogP) is 5.93. The maximum atomic E-state index is 6.20. The Labute approximate surface area is 146 Å². The number of rotatable bonds is 6. The standard InChI is InChI=1S/C21H30N2O/c1-8-18(9-2)24-19-12-16(6)22-21(17(19)7)23-20-14(4)10-13(3)11-15(20)5/h10-12,18H,8-9H2,1-7H3,(H,22,23). The minimum Gasteiger partial charge on any atom is -0.490 e. The monoisotopic (exact) mass is 326 g/mol. The molecule has 0 aliphatic rings. The van der Waals surface area contributed by atoms with Crippen LogP contribution in [0, 0.1) is 34.6 Å². The molecule has 0 spiro atoms. The van der Waals surface area contributed by atoms with Crippen LogP contribution in [0.4, 0.5) is 11.5 Å². The SMILES string of the molecule is CCC(CC)Oc1cc(C)nc(Nc2c(C)cc(C)cc2C)c1C. The third-order valence-corrected chi connectivity index (χ3v) is 4.48. The van der Waals surface area contributed by atoms with Crippen molar-refractivity contribution in [1.29, 1.82) is 0 Å². The molecular weight excluding hydrogens is 296 g/mol. The Morgan fingerprint density at radius 1 is 0.958 bits per heavy atom. The fraction of sp³-hybridized carbons (Fsp3) is 0.476. The van der Waals surface area contributed by atoms with Crippen LogP contribution in [0.5, 0.6) is 5.75 Å². The molecule has 0 saturated carbocycles. The minimum atomic E-state index is 0.251. The number of benzene rings is 1. The topological polar surface area (TPSA) is 34.1 Å². The van der Waals surface area contributed by atoms with Crippen molar-refractivity contribution in [3.05, 3.63) is 46.1 Å². The molecule has 1 aromatic carbocycles. The quantitative estimate of drug-likeness (QED) is 0.714. The van der Waals surface area contributed by atoms with Gasteiger partial charge in [-0.05, 0) is 58.6 Å². The van der Waals surface area contributed by atoms with Gasteiger partial charge in [-0.25, -0.2) is 4.98 Å². The lowest BCUT2D eigenvalue weighted by molar-refractivity contribution is 0.191. The highest BCUT2D eigenvalue weighted by molar-refractivity contribution is 5.68. The maximum Gasteiger partial charge on any atom is 0.137 e. The summed E-state index contributed by atoms with van der Waals surface area (Å²) in [7, 11) is 0. The molecule has 24 heavy (non-hydrogen) atoms. The van der Waals surface area contributed by atoms with E-state index in [9.17, 15) is 0 Å². The molecule has 2 rings (SSSR count). The molecule has 0 aliphatic heterocycles. The van der Waals surface area contributed by atoms with Gasteiger partial charge in [-0.1, -0.05) is 31.5 Å². The number of nitrogens with zero attached hydrogens (tertiary/aromatic N) is 1. The summed E-state index contributed by atoms with van der Waals surface area (Å²) in [4.78, 5) is 4.70. The highest BCUT2D eigenvalue weighted by Gasteiger charge is 2.14.